The zero-order valence-corrected chi connectivity index (χ0v) is 11.6. The second-order valence-corrected chi connectivity index (χ2v) is 5.15. The molecule has 4 heteroatoms. The number of aliphatic carboxylic acids is 1. The molecule has 0 aliphatic carbocycles. The number of carbonyl (C=O) groups is 1. The third-order valence-corrected chi connectivity index (χ3v) is 4.06. The molecule has 0 aromatic heterocycles. The van der Waals surface area contributed by atoms with Crippen LogP contribution in [-0.2, 0) is 10.3 Å². The van der Waals surface area contributed by atoms with E-state index in [9.17, 15) is 9.90 Å². The summed E-state index contributed by atoms with van der Waals surface area (Å²) in [5.41, 5.74) is -0.144. The Kier molecular flexibility index (Phi) is 4.10. The molecule has 1 aliphatic heterocycles. The maximum Gasteiger partial charge on any atom is 0.328 e. The van der Waals surface area contributed by atoms with Gasteiger partial charge in [-0.25, -0.2) is 4.79 Å². The molecule has 1 unspecified atom stereocenters. The molecule has 0 amide bonds. The smallest absolute Gasteiger partial charge is 0.328 e. The van der Waals surface area contributed by atoms with Gasteiger partial charge in [-0.15, -0.1) is 0 Å². The first kappa shape index (κ1) is 13.9. The fraction of sp³-hybridized carbons (Fsp3) is 0.533. The lowest BCUT2D eigenvalue weighted by Crippen LogP contribution is -2.51. The molecule has 0 saturated carbocycles. The van der Waals surface area contributed by atoms with E-state index >= 15 is 0 Å². The molecule has 4 nitrogen and oxygen atoms in total. The van der Waals surface area contributed by atoms with Crippen molar-refractivity contribution in [1.82, 2.24) is 4.90 Å². The number of nitrogens with zero attached hydrogens (tertiary/aromatic N) is 1. The van der Waals surface area contributed by atoms with E-state index in [1.165, 1.54) is 6.42 Å². The van der Waals surface area contributed by atoms with Gasteiger partial charge in [0.05, 0.1) is 7.11 Å². The molecule has 0 radical (unpaired) electrons. The van der Waals surface area contributed by atoms with Crippen molar-refractivity contribution in [2.45, 2.75) is 31.7 Å². The predicted molar refractivity (Wildman–Crippen MR) is 73.4 cm³/mol. The summed E-state index contributed by atoms with van der Waals surface area (Å²) in [7, 11) is 1.61. The van der Waals surface area contributed by atoms with Gasteiger partial charge in [0.2, 0.25) is 0 Å². The maximum absolute atomic E-state index is 11.8. The summed E-state index contributed by atoms with van der Waals surface area (Å²) in [5, 5.41) is 9.69. The van der Waals surface area contributed by atoms with Crippen LogP contribution in [0, 0.1) is 0 Å². The first-order valence-electron chi connectivity index (χ1n) is 6.72. The number of piperidine rings is 1. The van der Waals surface area contributed by atoms with Gasteiger partial charge in [0.25, 0.3) is 0 Å². The summed E-state index contributed by atoms with van der Waals surface area (Å²) in [6.45, 7) is 3.48. The number of carboxylic acid groups (broad SMARTS) is 1. The van der Waals surface area contributed by atoms with E-state index in [2.05, 4.69) is 4.90 Å². The van der Waals surface area contributed by atoms with Crippen LogP contribution in [0.2, 0.25) is 0 Å². The van der Waals surface area contributed by atoms with Crippen LogP contribution in [-0.4, -0.2) is 36.2 Å². The van der Waals surface area contributed by atoms with Crippen LogP contribution in [0.1, 0.15) is 31.7 Å². The molecule has 1 N–H and O–H groups in total. The molecular formula is C15H21NO3. The molecule has 1 aromatic carbocycles. The van der Waals surface area contributed by atoms with Crippen LogP contribution >= 0.6 is 0 Å². The fourth-order valence-electron chi connectivity index (χ4n) is 2.70. The molecule has 0 bridgehead atoms. The molecular weight excluding hydrogens is 242 g/mol. The van der Waals surface area contributed by atoms with Gasteiger partial charge in [-0.2, -0.15) is 0 Å². The van der Waals surface area contributed by atoms with Crippen molar-refractivity contribution in [2.24, 2.45) is 0 Å². The minimum Gasteiger partial charge on any atom is -0.497 e. The molecule has 1 aliphatic rings. The summed E-state index contributed by atoms with van der Waals surface area (Å²) < 4.78 is 5.13. The summed E-state index contributed by atoms with van der Waals surface area (Å²) in [5.74, 6) is -0.0466. The normalized spacial score (nSPS) is 19.7. The number of hydrogen-bond acceptors (Lipinski definition) is 3. The Balaban J connectivity index is 2.33. The predicted octanol–water partition coefficient (Wildman–Crippen LogP) is 2.48. The zero-order valence-electron chi connectivity index (χ0n) is 11.6. The van der Waals surface area contributed by atoms with Gasteiger partial charge >= 0.3 is 5.97 Å². The molecule has 0 spiro atoms. The maximum atomic E-state index is 11.8. The van der Waals surface area contributed by atoms with Gasteiger partial charge in [-0.05, 0) is 50.6 Å². The van der Waals surface area contributed by atoms with Gasteiger partial charge in [-0.1, -0.05) is 18.6 Å². The minimum atomic E-state index is -0.952. The van der Waals surface area contributed by atoms with E-state index in [-0.39, 0.29) is 0 Å². The highest BCUT2D eigenvalue weighted by Gasteiger charge is 2.41. The monoisotopic (exact) mass is 263 g/mol. The Bertz CT molecular complexity index is 437. The minimum absolute atomic E-state index is 0.745. The van der Waals surface area contributed by atoms with E-state index in [0.717, 1.165) is 37.2 Å². The van der Waals surface area contributed by atoms with Crippen LogP contribution in [0.5, 0.6) is 5.75 Å². The third-order valence-electron chi connectivity index (χ3n) is 4.06. The second kappa shape index (κ2) is 5.61. The number of rotatable bonds is 4. The number of carboxylic acids is 1. The highest BCUT2D eigenvalue weighted by molar-refractivity contribution is 5.80. The topological polar surface area (TPSA) is 49.8 Å². The number of methoxy groups -OCH3 is 1. The largest absolute Gasteiger partial charge is 0.497 e. The van der Waals surface area contributed by atoms with E-state index in [0.29, 0.717) is 0 Å². The van der Waals surface area contributed by atoms with Crippen LogP contribution < -0.4 is 4.74 Å². The molecule has 1 saturated heterocycles. The van der Waals surface area contributed by atoms with Crippen molar-refractivity contribution < 1.29 is 14.6 Å². The summed E-state index contributed by atoms with van der Waals surface area (Å²) in [6, 6.07) is 7.34. The Morgan fingerprint density at radius 3 is 2.26 bits per heavy atom. The fourth-order valence-corrected chi connectivity index (χ4v) is 2.70. The van der Waals surface area contributed by atoms with Crippen molar-refractivity contribution in [3.05, 3.63) is 29.8 Å². The third kappa shape index (κ3) is 2.59. The van der Waals surface area contributed by atoms with E-state index in [4.69, 9.17) is 4.74 Å². The zero-order chi connectivity index (χ0) is 13.9. The van der Waals surface area contributed by atoms with Crippen molar-refractivity contribution >= 4 is 5.97 Å². The summed E-state index contributed by atoms with van der Waals surface area (Å²) in [4.78, 5) is 13.9. The number of ether oxygens (including phenoxy) is 1. The molecule has 1 atom stereocenters. The van der Waals surface area contributed by atoms with Gasteiger partial charge in [0.15, 0.2) is 0 Å². The van der Waals surface area contributed by atoms with E-state index in [1.807, 2.05) is 24.3 Å². The number of benzene rings is 1. The van der Waals surface area contributed by atoms with Crippen molar-refractivity contribution in [3.8, 4) is 5.75 Å². The Hall–Kier alpha value is -1.55. The van der Waals surface area contributed by atoms with Crippen LogP contribution in [0.25, 0.3) is 0 Å². The number of likely N-dealkylation sites (tertiary alicyclic amines) is 1. The van der Waals surface area contributed by atoms with Crippen molar-refractivity contribution in [1.29, 1.82) is 0 Å². The second-order valence-electron chi connectivity index (χ2n) is 5.15. The van der Waals surface area contributed by atoms with Gasteiger partial charge in [0.1, 0.15) is 11.3 Å². The van der Waals surface area contributed by atoms with Crippen LogP contribution in [0.3, 0.4) is 0 Å². The van der Waals surface area contributed by atoms with Crippen LogP contribution in [0.15, 0.2) is 24.3 Å². The van der Waals surface area contributed by atoms with Crippen molar-refractivity contribution in [3.63, 3.8) is 0 Å². The highest BCUT2D eigenvalue weighted by Crippen LogP contribution is 2.32. The molecule has 1 fully saturated rings. The lowest BCUT2D eigenvalue weighted by Gasteiger charge is -2.40. The Labute approximate surface area is 114 Å². The Morgan fingerprint density at radius 2 is 1.79 bits per heavy atom. The lowest BCUT2D eigenvalue weighted by molar-refractivity contribution is -0.152. The molecule has 19 heavy (non-hydrogen) atoms. The molecule has 104 valence electrons. The summed E-state index contributed by atoms with van der Waals surface area (Å²) in [6.07, 6.45) is 3.33. The average molecular weight is 263 g/mol. The standard InChI is InChI=1S/C15H21NO3/c1-15(14(17)18,16-10-4-3-5-11-16)12-6-8-13(19-2)9-7-12/h6-9H,3-5,10-11H2,1-2H3,(H,17,18). The Morgan fingerprint density at radius 1 is 1.21 bits per heavy atom. The lowest BCUT2D eigenvalue weighted by atomic mass is 9.88. The van der Waals surface area contributed by atoms with Crippen molar-refractivity contribution in [2.75, 3.05) is 20.2 Å². The summed E-state index contributed by atoms with van der Waals surface area (Å²) >= 11 is 0. The van der Waals surface area contributed by atoms with Gasteiger partial charge in [0, 0.05) is 0 Å². The SMILES string of the molecule is COc1ccc(C(C)(C(=O)O)N2CCCCC2)cc1. The van der Waals surface area contributed by atoms with E-state index in [1.54, 1.807) is 14.0 Å². The van der Waals surface area contributed by atoms with Gasteiger partial charge in [-0.3, -0.25) is 4.90 Å². The first-order chi connectivity index (χ1) is 9.09. The number of hydrogen-bond donors (Lipinski definition) is 1. The molecule has 1 aromatic rings. The molecule has 2 rings (SSSR count). The highest BCUT2D eigenvalue weighted by atomic mass is 16.5. The molecule has 1 heterocycles. The quantitative estimate of drug-likeness (QED) is 0.906. The average Bonchev–Trinajstić information content (AvgIpc) is 2.47. The first-order valence-corrected chi connectivity index (χ1v) is 6.72. The van der Waals surface area contributed by atoms with Gasteiger partial charge < -0.3 is 9.84 Å². The van der Waals surface area contributed by atoms with Crippen LogP contribution in [0.4, 0.5) is 0 Å². The van der Waals surface area contributed by atoms with E-state index < -0.39 is 11.5 Å².